The highest BCUT2D eigenvalue weighted by atomic mass is 79.9. The lowest BCUT2D eigenvalue weighted by atomic mass is 9.78. The van der Waals surface area contributed by atoms with Crippen LogP contribution in [0.4, 0.5) is 4.39 Å². The van der Waals surface area contributed by atoms with Gasteiger partial charge in [-0.2, -0.15) is 0 Å². The Hall–Kier alpha value is -1.15. The number of hydrogen-bond donors (Lipinski definition) is 0. The number of halogens is 2. The second-order valence-electron chi connectivity index (χ2n) is 8.25. The zero-order chi connectivity index (χ0) is 19.1. The van der Waals surface area contributed by atoms with E-state index >= 15 is 0 Å². The van der Waals surface area contributed by atoms with Gasteiger partial charge in [-0.25, -0.2) is 4.39 Å². The van der Waals surface area contributed by atoms with Gasteiger partial charge in [-0.15, -0.1) is 0 Å². The molecular weight excluding hydrogens is 399 g/mol. The Kier molecular flexibility index (Phi) is 7.93. The fourth-order valence-corrected chi connectivity index (χ4v) is 4.65. The van der Waals surface area contributed by atoms with Crippen LogP contribution in [0.25, 0.3) is 11.1 Å². The molecule has 3 rings (SSSR count). The van der Waals surface area contributed by atoms with E-state index in [0.717, 1.165) is 23.0 Å². The third-order valence-electron chi connectivity index (χ3n) is 6.23. The Morgan fingerprint density at radius 2 is 1.48 bits per heavy atom. The summed E-state index contributed by atoms with van der Waals surface area (Å²) >= 11 is 3.22. The summed E-state index contributed by atoms with van der Waals surface area (Å²) < 4.78 is 14.3. The van der Waals surface area contributed by atoms with Crippen molar-refractivity contribution in [1.82, 2.24) is 0 Å². The first-order valence-electron chi connectivity index (χ1n) is 10.7. The standard InChI is InChI=1S/C25H32BrF/c1-2-3-4-5-19-6-8-20(9-7-19)10-11-21-12-14-22(15-13-21)23-16-17-24(26)25(27)18-23/h12-20H,2-11H2,1H3/t19-,20-. The minimum Gasteiger partial charge on any atom is -0.206 e. The number of rotatable bonds is 8. The maximum absolute atomic E-state index is 13.7. The first kappa shape index (κ1) is 20.6. The van der Waals surface area contributed by atoms with Gasteiger partial charge in [0.05, 0.1) is 4.47 Å². The summed E-state index contributed by atoms with van der Waals surface area (Å²) in [5.74, 6) is 1.70. The summed E-state index contributed by atoms with van der Waals surface area (Å²) in [4.78, 5) is 0. The third kappa shape index (κ3) is 6.17. The predicted molar refractivity (Wildman–Crippen MR) is 117 cm³/mol. The molecule has 1 aliphatic carbocycles. The van der Waals surface area contributed by atoms with Crippen molar-refractivity contribution in [1.29, 1.82) is 0 Å². The van der Waals surface area contributed by atoms with Crippen molar-refractivity contribution in [3.05, 3.63) is 58.3 Å². The molecule has 0 N–H and O–H groups in total. The Bertz CT molecular complexity index is 699. The molecule has 27 heavy (non-hydrogen) atoms. The number of hydrogen-bond acceptors (Lipinski definition) is 0. The van der Waals surface area contributed by atoms with Gasteiger partial charge in [-0.1, -0.05) is 88.6 Å². The van der Waals surface area contributed by atoms with Crippen molar-refractivity contribution in [3.8, 4) is 11.1 Å². The van der Waals surface area contributed by atoms with E-state index < -0.39 is 0 Å². The van der Waals surface area contributed by atoms with E-state index in [1.54, 1.807) is 12.1 Å². The summed E-state index contributed by atoms with van der Waals surface area (Å²) in [6.45, 7) is 2.29. The molecule has 2 aromatic rings. The van der Waals surface area contributed by atoms with E-state index in [1.807, 2.05) is 6.07 Å². The average Bonchev–Trinajstić information content (AvgIpc) is 2.70. The maximum Gasteiger partial charge on any atom is 0.137 e. The largest absolute Gasteiger partial charge is 0.206 e. The zero-order valence-electron chi connectivity index (χ0n) is 16.5. The predicted octanol–water partition coefficient (Wildman–Crippen LogP) is 8.57. The van der Waals surface area contributed by atoms with Crippen LogP contribution in [0.15, 0.2) is 46.9 Å². The van der Waals surface area contributed by atoms with Crippen molar-refractivity contribution < 1.29 is 4.39 Å². The van der Waals surface area contributed by atoms with Gasteiger partial charge in [0, 0.05) is 0 Å². The summed E-state index contributed by atoms with van der Waals surface area (Å²) in [7, 11) is 0. The fourth-order valence-electron chi connectivity index (χ4n) is 4.40. The van der Waals surface area contributed by atoms with Crippen molar-refractivity contribution in [2.24, 2.45) is 11.8 Å². The molecule has 0 bridgehead atoms. The molecule has 0 nitrogen and oxygen atoms in total. The van der Waals surface area contributed by atoms with E-state index in [-0.39, 0.29) is 5.82 Å². The van der Waals surface area contributed by atoms with Crippen LogP contribution in [0.3, 0.4) is 0 Å². The van der Waals surface area contributed by atoms with Crippen molar-refractivity contribution in [2.75, 3.05) is 0 Å². The lowest BCUT2D eigenvalue weighted by molar-refractivity contribution is 0.249. The van der Waals surface area contributed by atoms with Crippen LogP contribution in [0.1, 0.15) is 70.3 Å². The van der Waals surface area contributed by atoms with Gasteiger partial charge in [-0.3, -0.25) is 0 Å². The van der Waals surface area contributed by atoms with Crippen LogP contribution in [-0.4, -0.2) is 0 Å². The highest BCUT2D eigenvalue weighted by Gasteiger charge is 2.20. The van der Waals surface area contributed by atoms with Crippen LogP contribution in [0.5, 0.6) is 0 Å². The number of aryl methyl sites for hydroxylation is 1. The minimum absolute atomic E-state index is 0.207. The van der Waals surface area contributed by atoms with Crippen LogP contribution in [-0.2, 0) is 6.42 Å². The molecule has 146 valence electrons. The van der Waals surface area contributed by atoms with Gasteiger partial charge in [-0.05, 0) is 69.4 Å². The fraction of sp³-hybridized carbons (Fsp3) is 0.520. The van der Waals surface area contributed by atoms with E-state index in [2.05, 4.69) is 47.1 Å². The summed E-state index contributed by atoms with van der Waals surface area (Å²) in [6.07, 6.45) is 13.9. The normalized spacial score (nSPS) is 20.0. The van der Waals surface area contributed by atoms with E-state index in [4.69, 9.17) is 0 Å². The van der Waals surface area contributed by atoms with Crippen LogP contribution in [0, 0.1) is 17.7 Å². The molecule has 1 aliphatic rings. The van der Waals surface area contributed by atoms with Gasteiger partial charge in [0.25, 0.3) is 0 Å². The summed E-state index contributed by atoms with van der Waals surface area (Å²) in [5.41, 5.74) is 3.42. The first-order chi connectivity index (χ1) is 13.2. The lowest BCUT2D eigenvalue weighted by Crippen LogP contribution is -2.15. The minimum atomic E-state index is -0.207. The van der Waals surface area contributed by atoms with Gasteiger partial charge >= 0.3 is 0 Å². The van der Waals surface area contributed by atoms with Crippen molar-refractivity contribution in [2.45, 2.75) is 71.1 Å². The second kappa shape index (κ2) is 10.4. The Balaban J connectivity index is 1.45. The Labute approximate surface area is 172 Å². The quantitative estimate of drug-likeness (QED) is 0.367. The third-order valence-corrected chi connectivity index (χ3v) is 6.87. The molecule has 0 atom stereocenters. The molecule has 1 fully saturated rings. The highest BCUT2D eigenvalue weighted by Crippen LogP contribution is 2.34. The van der Waals surface area contributed by atoms with Crippen molar-refractivity contribution in [3.63, 3.8) is 0 Å². The number of benzene rings is 2. The summed E-state index contributed by atoms with van der Waals surface area (Å²) in [5, 5.41) is 0. The first-order valence-corrected chi connectivity index (χ1v) is 11.5. The smallest absolute Gasteiger partial charge is 0.137 e. The second-order valence-corrected chi connectivity index (χ2v) is 9.10. The Morgan fingerprint density at radius 1 is 0.852 bits per heavy atom. The maximum atomic E-state index is 13.7. The molecule has 1 saturated carbocycles. The molecule has 2 heteroatoms. The highest BCUT2D eigenvalue weighted by molar-refractivity contribution is 9.10. The molecule has 0 spiro atoms. The van der Waals surface area contributed by atoms with Gasteiger partial charge in [0.15, 0.2) is 0 Å². The molecule has 0 heterocycles. The molecule has 0 radical (unpaired) electrons. The summed E-state index contributed by atoms with van der Waals surface area (Å²) in [6, 6.07) is 14.0. The molecule has 2 aromatic carbocycles. The van der Waals surface area contributed by atoms with Crippen LogP contribution >= 0.6 is 15.9 Å². The molecule has 0 aliphatic heterocycles. The number of unbranched alkanes of at least 4 members (excludes halogenated alkanes) is 2. The topological polar surface area (TPSA) is 0 Å². The molecule has 0 saturated heterocycles. The van der Waals surface area contributed by atoms with Crippen LogP contribution in [0.2, 0.25) is 0 Å². The lowest BCUT2D eigenvalue weighted by Gasteiger charge is -2.28. The SMILES string of the molecule is CCCCC[C@H]1CC[C@H](CCc2ccc(-c3ccc(Br)c(F)c3)cc2)CC1. The van der Waals surface area contributed by atoms with E-state index in [9.17, 15) is 4.39 Å². The molecule has 0 amide bonds. The zero-order valence-corrected chi connectivity index (χ0v) is 18.1. The average molecular weight is 431 g/mol. The molecule has 0 aromatic heterocycles. The molecule has 0 unspecified atom stereocenters. The van der Waals surface area contributed by atoms with Gasteiger partial charge in [0.2, 0.25) is 0 Å². The van der Waals surface area contributed by atoms with E-state index in [0.29, 0.717) is 4.47 Å². The Morgan fingerprint density at radius 3 is 2.11 bits per heavy atom. The van der Waals surface area contributed by atoms with Gasteiger partial charge in [0.1, 0.15) is 5.82 Å². The van der Waals surface area contributed by atoms with Crippen LogP contribution < -0.4 is 0 Å². The monoisotopic (exact) mass is 430 g/mol. The molecular formula is C25H32BrF. The van der Waals surface area contributed by atoms with Crippen molar-refractivity contribution >= 4 is 15.9 Å². The van der Waals surface area contributed by atoms with E-state index in [1.165, 1.54) is 69.8 Å². The van der Waals surface area contributed by atoms with Gasteiger partial charge < -0.3 is 0 Å².